The third-order valence-corrected chi connectivity index (χ3v) is 6.06. The number of hydrogen-bond donors (Lipinski definition) is 1. The topological polar surface area (TPSA) is 84.8 Å². The minimum absolute atomic E-state index is 0.0541. The van der Waals surface area contributed by atoms with Gasteiger partial charge >= 0.3 is 5.97 Å². The SMILES string of the molecule is Cc1ncc(-c2ccc(OC(C)C)cn2)c(N2CCC(C)(C)CC2)c1C(OC(C)(C)C)C(=O)O. The van der Waals surface area contributed by atoms with Crippen LogP contribution in [0.4, 0.5) is 5.69 Å². The average Bonchev–Trinajstić information content (AvgIpc) is 2.72. The van der Waals surface area contributed by atoms with Crippen LogP contribution in [0.25, 0.3) is 11.3 Å². The molecule has 1 N–H and O–H groups in total. The molecule has 1 fully saturated rings. The molecule has 3 rings (SSSR count). The van der Waals surface area contributed by atoms with Crippen molar-refractivity contribution in [3.63, 3.8) is 0 Å². The van der Waals surface area contributed by atoms with Crippen molar-refractivity contribution < 1.29 is 19.4 Å². The number of ether oxygens (including phenoxy) is 2. The first-order valence-electron chi connectivity index (χ1n) is 12.1. The molecule has 186 valence electrons. The van der Waals surface area contributed by atoms with E-state index in [1.54, 1.807) is 12.4 Å². The van der Waals surface area contributed by atoms with Gasteiger partial charge in [0.25, 0.3) is 0 Å². The quantitative estimate of drug-likeness (QED) is 0.548. The second kappa shape index (κ2) is 9.90. The van der Waals surface area contributed by atoms with Crippen LogP contribution in [0.1, 0.15) is 78.7 Å². The van der Waals surface area contributed by atoms with Gasteiger partial charge in [-0.15, -0.1) is 0 Å². The molecular formula is C27H39N3O4. The van der Waals surface area contributed by atoms with Crippen molar-refractivity contribution in [2.75, 3.05) is 18.0 Å². The number of pyridine rings is 2. The van der Waals surface area contributed by atoms with Crippen molar-refractivity contribution in [2.45, 2.75) is 86.0 Å². The van der Waals surface area contributed by atoms with Crippen molar-refractivity contribution in [1.29, 1.82) is 0 Å². The maximum atomic E-state index is 12.5. The smallest absolute Gasteiger partial charge is 0.337 e. The lowest BCUT2D eigenvalue weighted by molar-refractivity contribution is -0.160. The van der Waals surface area contributed by atoms with Crippen molar-refractivity contribution in [1.82, 2.24) is 9.97 Å². The summed E-state index contributed by atoms with van der Waals surface area (Å²) in [6, 6.07) is 3.80. The summed E-state index contributed by atoms with van der Waals surface area (Å²) in [5, 5.41) is 10.2. The highest BCUT2D eigenvalue weighted by molar-refractivity contribution is 5.85. The summed E-state index contributed by atoms with van der Waals surface area (Å²) < 4.78 is 11.8. The number of carbonyl (C=O) groups is 1. The van der Waals surface area contributed by atoms with Gasteiger partial charge in [-0.25, -0.2) is 4.79 Å². The average molecular weight is 470 g/mol. The molecule has 0 saturated carbocycles. The van der Waals surface area contributed by atoms with E-state index in [0.717, 1.165) is 42.9 Å². The number of nitrogens with zero attached hydrogens (tertiary/aromatic N) is 3. The Kier molecular flexibility index (Phi) is 7.56. The normalized spacial score (nSPS) is 17.0. The molecule has 3 heterocycles. The molecule has 34 heavy (non-hydrogen) atoms. The number of carboxylic acid groups (broad SMARTS) is 1. The van der Waals surface area contributed by atoms with Gasteiger partial charge in [0.05, 0.1) is 29.3 Å². The predicted octanol–water partition coefficient (Wildman–Crippen LogP) is 5.81. The van der Waals surface area contributed by atoms with Gasteiger partial charge in [-0.3, -0.25) is 9.97 Å². The molecule has 1 aliphatic heterocycles. The van der Waals surface area contributed by atoms with E-state index in [0.29, 0.717) is 17.0 Å². The number of anilines is 1. The second-order valence-electron chi connectivity index (χ2n) is 11.2. The van der Waals surface area contributed by atoms with Gasteiger partial charge in [0, 0.05) is 36.1 Å². The lowest BCUT2D eigenvalue weighted by Crippen LogP contribution is -2.39. The van der Waals surface area contributed by atoms with Gasteiger partial charge in [-0.1, -0.05) is 13.8 Å². The molecule has 1 unspecified atom stereocenters. The second-order valence-corrected chi connectivity index (χ2v) is 11.2. The molecule has 1 atom stereocenters. The minimum Gasteiger partial charge on any atom is -0.489 e. The van der Waals surface area contributed by atoms with Gasteiger partial charge < -0.3 is 19.5 Å². The van der Waals surface area contributed by atoms with E-state index in [1.807, 2.05) is 53.7 Å². The maximum absolute atomic E-state index is 12.5. The first-order chi connectivity index (χ1) is 15.8. The zero-order valence-electron chi connectivity index (χ0n) is 21.8. The first kappa shape index (κ1) is 25.9. The highest BCUT2D eigenvalue weighted by atomic mass is 16.5. The van der Waals surface area contributed by atoms with Crippen molar-refractivity contribution in [3.8, 4) is 17.0 Å². The highest BCUT2D eigenvalue weighted by Crippen LogP contribution is 2.43. The highest BCUT2D eigenvalue weighted by Gasteiger charge is 2.35. The fraction of sp³-hybridized carbons (Fsp3) is 0.593. The van der Waals surface area contributed by atoms with Gasteiger partial charge in [0.15, 0.2) is 6.10 Å². The molecule has 1 aliphatic rings. The monoisotopic (exact) mass is 469 g/mol. The third kappa shape index (κ3) is 6.26. The first-order valence-corrected chi connectivity index (χ1v) is 12.1. The molecule has 0 aromatic carbocycles. The summed E-state index contributed by atoms with van der Waals surface area (Å²) in [6.45, 7) is 17.6. The van der Waals surface area contributed by atoms with Gasteiger partial charge in [0.2, 0.25) is 0 Å². The number of piperidine rings is 1. The van der Waals surface area contributed by atoms with Crippen LogP contribution in [0.3, 0.4) is 0 Å². The Balaban J connectivity index is 2.17. The molecule has 1 saturated heterocycles. The minimum atomic E-state index is -1.14. The van der Waals surface area contributed by atoms with E-state index in [1.165, 1.54) is 0 Å². The van der Waals surface area contributed by atoms with E-state index in [2.05, 4.69) is 28.7 Å². The lowest BCUT2D eigenvalue weighted by atomic mass is 9.82. The molecule has 0 bridgehead atoms. The van der Waals surface area contributed by atoms with Crippen LogP contribution >= 0.6 is 0 Å². The van der Waals surface area contributed by atoms with E-state index in [9.17, 15) is 9.90 Å². The molecular weight excluding hydrogens is 430 g/mol. The summed E-state index contributed by atoms with van der Waals surface area (Å²) in [4.78, 5) is 24.0. The Morgan fingerprint density at radius 3 is 2.26 bits per heavy atom. The van der Waals surface area contributed by atoms with Gasteiger partial charge in [-0.2, -0.15) is 0 Å². The zero-order valence-corrected chi connectivity index (χ0v) is 21.8. The van der Waals surface area contributed by atoms with Crippen LogP contribution in [0.15, 0.2) is 24.5 Å². The fourth-order valence-corrected chi connectivity index (χ4v) is 4.25. The van der Waals surface area contributed by atoms with Crippen LogP contribution in [-0.4, -0.2) is 45.8 Å². The Bertz CT molecular complexity index is 1000. The van der Waals surface area contributed by atoms with Crippen molar-refractivity contribution >= 4 is 11.7 Å². The Hall–Kier alpha value is -2.67. The van der Waals surface area contributed by atoms with Crippen LogP contribution in [0.5, 0.6) is 5.75 Å². The molecule has 7 heteroatoms. The van der Waals surface area contributed by atoms with Crippen molar-refractivity contribution in [3.05, 3.63) is 35.8 Å². The van der Waals surface area contributed by atoms with Gasteiger partial charge in [-0.05, 0) is 71.9 Å². The molecule has 0 radical (unpaired) electrons. The number of aryl methyl sites for hydroxylation is 1. The molecule has 0 amide bonds. The molecule has 7 nitrogen and oxygen atoms in total. The zero-order chi connectivity index (χ0) is 25.3. The summed E-state index contributed by atoms with van der Waals surface area (Å²) in [5.41, 5.74) is 3.25. The standard InChI is InChI=1S/C27H39N3O4/c1-17(2)33-19-9-10-21(29-15-19)20-16-28-18(3)22(24(25(31)32)34-26(4,5)6)23(20)30-13-11-27(7,8)12-14-30/h9-10,15-17,24H,11-14H2,1-8H3,(H,31,32). The summed E-state index contributed by atoms with van der Waals surface area (Å²) >= 11 is 0. The number of rotatable bonds is 7. The lowest BCUT2D eigenvalue weighted by Gasteiger charge is -2.40. The van der Waals surface area contributed by atoms with E-state index < -0.39 is 17.7 Å². The summed E-state index contributed by atoms with van der Waals surface area (Å²) in [5.74, 6) is -0.330. The number of carboxylic acids is 1. The molecule has 2 aromatic rings. The van der Waals surface area contributed by atoms with E-state index in [4.69, 9.17) is 9.47 Å². The molecule has 2 aromatic heterocycles. The predicted molar refractivity (Wildman–Crippen MR) is 134 cm³/mol. The van der Waals surface area contributed by atoms with Crippen molar-refractivity contribution in [2.24, 2.45) is 5.41 Å². The number of aliphatic carboxylic acids is 1. The Labute approximate surface area is 203 Å². The van der Waals surface area contributed by atoms with Crippen LogP contribution in [0, 0.1) is 12.3 Å². The molecule has 0 spiro atoms. The maximum Gasteiger partial charge on any atom is 0.337 e. The molecule has 0 aliphatic carbocycles. The Morgan fingerprint density at radius 1 is 1.12 bits per heavy atom. The van der Waals surface area contributed by atoms with Crippen LogP contribution in [-0.2, 0) is 9.53 Å². The summed E-state index contributed by atoms with van der Waals surface area (Å²) in [7, 11) is 0. The largest absolute Gasteiger partial charge is 0.489 e. The van der Waals surface area contributed by atoms with Gasteiger partial charge in [0.1, 0.15) is 5.75 Å². The Morgan fingerprint density at radius 2 is 1.76 bits per heavy atom. The third-order valence-electron chi connectivity index (χ3n) is 6.06. The number of hydrogen-bond acceptors (Lipinski definition) is 6. The van der Waals surface area contributed by atoms with E-state index >= 15 is 0 Å². The van der Waals surface area contributed by atoms with Crippen LogP contribution in [0.2, 0.25) is 0 Å². The van der Waals surface area contributed by atoms with E-state index in [-0.39, 0.29) is 11.5 Å². The summed E-state index contributed by atoms with van der Waals surface area (Å²) in [6.07, 6.45) is 4.45. The fourth-order valence-electron chi connectivity index (χ4n) is 4.25. The van der Waals surface area contributed by atoms with Crippen LogP contribution < -0.4 is 9.64 Å². The number of aromatic nitrogens is 2.